The lowest BCUT2D eigenvalue weighted by Crippen LogP contribution is -2.38. The van der Waals surface area contributed by atoms with Gasteiger partial charge in [-0.1, -0.05) is 18.2 Å². The monoisotopic (exact) mass is 262 g/mol. The van der Waals surface area contributed by atoms with Crippen LogP contribution in [-0.2, 0) is 4.74 Å². The molecule has 2 rings (SSSR count). The van der Waals surface area contributed by atoms with Gasteiger partial charge in [0.25, 0.3) is 0 Å². The maximum absolute atomic E-state index is 5.53. The highest BCUT2D eigenvalue weighted by Crippen LogP contribution is 2.20. The van der Waals surface area contributed by atoms with E-state index in [9.17, 15) is 0 Å². The molecule has 1 atom stereocenters. The first-order chi connectivity index (χ1) is 9.29. The van der Waals surface area contributed by atoms with E-state index in [0.29, 0.717) is 11.9 Å². The zero-order valence-electron chi connectivity index (χ0n) is 11.3. The molecule has 1 aliphatic rings. The molecule has 1 aromatic rings. The third-order valence-electron chi connectivity index (χ3n) is 3.45. The zero-order chi connectivity index (χ0) is 13.5. The normalized spacial score (nSPS) is 18.9. The Bertz CT molecular complexity index is 401. The van der Waals surface area contributed by atoms with Crippen molar-refractivity contribution in [3.05, 3.63) is 30.3 Å². The maximum atomic E-state index is 5.53. The molecular weight excluding hydrogens is 240 g/mol. The summed E-state index contributed by atoms with van der Waals surface area (Å²) in [5.74, 6) is 6.70. The van der Waals surface area contributed by atoms with Gasteiger partial charge in [0.05, 0.1) is 6.04 Å². The Labute approximate surface area is 114 Å². The number of ether oxygens (including phenoxy) is 1. The number of hydrogen-bond acceptors (Lipinski definition) is 3. The lowest BCUT2D eigenvalue weighted by Gasteiger charge is -2.25. The van der Waals surface area contributed by atoms with E-state index in [0.717, 1.165) is 31.7 Å². The summed E-state index contributed by atoms with van der Waals surface area (Å²) in [6, 6.07) is 10.1. The van der Waals surface area contributed by atoms with Crippen molar-refractivity contribution in [2.75, 3.05) is 18.5 Å². The molecule has 19 heavy (non-hydrogen) atoms. The van der Waals surface area contributed by atoms with E-state index >= 15 is 0 Å². The molecule has 1 aromatic carbocycles. The summed E-state index contributed by atoms with van der Waals surface area (Å²) in [6.07, 6.45) is 2.13. The Morgan fingerprint density at radius 3 is 2.63 bits per heavy atom. The number of hydrazine groups is 1. The number of aliphatic imine (C=N–C) groups is 1. The van der Waals surface area contributed by atoms with Crippen molar-refractivity contribution in [1.29, 1.82) is 0 Å². The van der Waals surface area contributed by atoms with Crippen molar-refractivity contribution in [3.8, 4) is 0 Å². The van der Waals surface area contributed by atoms with Gasteiger partial charge in [-0.05, 0) is 37.8 Å². The first-order valence-corrected chi connectivity index (χ1v) is 6.74. The second-order valence-corrected chi connectivity index (χ2v) is 4.80. The summed E-state index contributed by atoms with van der Waals surface area (Å²) < 4.78 is 5.37. The summed E-state index contributed by atoms with van der Waals surface area (Å²) in [7, 11) is 0. The molecule has 0 amide bonds. The molecule has 1 heterocycles. The summed E-state index contributed by atoms with van der Waals surface area (Å²) in [5.41, 5.74) is 3.60. The van der Waals surface area contributed by atoms with Crippen molar-refractivity contribution in [1.82, 2.24) is 5.43 Å². The molecule has 1 unspecified atom stereocenters. The van der Waals surface area contributed by atoms with Crippen LogP contribution in [0.1, 0.15) is 19.8 Å². The van der Waals surface area contributed by atoms with E-state index in [1.165, 1.54) is 0 Å². The van der Waals surface area contributed by atoms with E-state index in [1.807, 2.05) is 30.3 Å². The lowest BCUT2D eigenvalue weighted by molar-refractivity contribution is 0.0605. The predicted molar refractivity (Wildman–Crippen MR) is 77.8 cm³/mol. The average molecular weight is 262 g/mol. The number of nitrogens with two attached hydrogens (primary N) is 1. The predicted octanol–water partition coefficient (Wildman–Crippen LogP) is 1.73. The van der Waals surface area contributed by atoms with Gasteiger partial charge in [-0.2, -0.15) is 0 Å². The molecule has 0 spiro atoms. The van der Waals surface area contributed by atoms with Gasteiger partial charge in [0.2, 0.25) is 5.96 Å². The van der Waals surface area contributed by atoms with Crippen molar-refractivity contribution in [3.63, 3.8) is 0 Å². The molecule has 0 radical (unpaired) electrons. The molecule has 1 fully saturated rings. The summed E-state index contributed by atoms with van der Waals surface area (Å²) in [4.78, 5) is 4.63. The summed E-state index contributed by atoms with van der Waals surface area (Å²) in [5, 5.41) is 3.18. The second-order valence-electron chi connectivity index (χ2n) is 4.80. The molecule has 0 aromatic heterocycles. The number of guanidine groups is 1. The van der Waals surface area contributed by atoms with Crippen LogP contribution in [0, 0.1) is 5.92 Å². The van der Waals surface area contributed by atoms with Crippen molar-refractivity contribution >= 4 is 11.6 Å². The Morgan fingerprint density at radius 1 is 1.32 bits per heavy atom. The van der Waals surface area contributed by atoms with Crippen LogP contribution >= 0.6 is 0 Å². The highest BCUT2D eigenvalue weighted by molar-refractivity contribution is 5.93. The first kappa shape index (κ1) is 13.8. The van der Waals surface area contributed by atoms with Crippen LogP contribution in [-0.4, -0.2) is 25.2 Å². The number of nitrogens with one attached hydrogen (secondary N) is 2. The van der Waals surface area contributed by atoms with Gasteiger partial charge in [0, 0.05) is 18.9 Å². The molecule has 5 nitrogen and oxygen atoms in total. The first-order valence-electron chi connectivity index (χ1n) is 6.74. The zero-order valence-corrected chi connectivity index (χ0v) is 11.3. The van der Waals surface area contributed by atoms with Gasteiger partial charge in [0.1, 0.15) is 0 Å². The van der Waals surface area contributed by atoms with Crippen LogP contribution in [0.15, 0.2) is 35.3 Å². The Balaban J connectivity index is 1.97. The molecule has 0 bridgehead atoms. The standard InChI is InChI=1S/C14H22N4O/c1-11(12-7-9-19-10-8-12)16-14(18-15)17-13-5-3-2-4-6-13/h2-6,11-12H,7-10,15H2,1H3,(H2,16,17,18). The topological polar surface area (TPSA) is 71.7 Å². The fourth-order valence-corrected chi connectivity index (χ4v) is 2.27. The van der Waals surface area contributed by atoms with Gasteiger partial charge < -0.3 is 10.1 Å². The van der Waals surface area contributed by atoms with Crippen molar-refractivity contribution in [2.45, 2.75) is 25.8 Å². The minimum atomic E-state index is 0.228. The van der Waals surface area contributed by atoms with Gasteiger partial charge in [-0.3, -0.25) is 5.43 Å². The number of para-hydroxylation sites is 1. The van der Waals surface area contributed by atoms with Gasteiger partial charge >= 0.3 is 0 Å². The van der Waals surface area contributed by atoms with Crippen LogP contribution in [0.25, 0.3) is 0 Å². The molecule has 1 aliphatic heterocycles. The smallest absolute Gasteiger partial charge is 0.210 e. The van der Waals surface area contributed by atoms with Gasteiger partial charge in [-0.25, -0.2) is 10.8 Å². The SMILES string of the molecule is CC(N=C(NN)Nc1ccccc1)C1CCOCC1. The second kappa shape index (κ2) is 7.11. The number of anilines is 1. The number of hydrogen-bond donors (Lipinski definition) is 3. The molecule has 0 aliphatic carbocycles. The van der Waals surface area contributed by atoms with Crippen molar-refractivity contribution in [2.24, 2.45) is 16.8 Å². The van der Waals surface area contributed by atoms with Crippen LogP contribution < -0.4 is 16.6 Å². The van der Waals surface area contributed by atoms with Gasteiger partial charge in [0.15, 0.2) is 0 Å². The third-order valence-corrected chi connectivity index (χ3v) is 3.45. The summed E-state index contributed by atoms with van der Waals surface area (Å²) in [6.45, 7) is 3.80. The maximum Gasteiger partial charge on any atom is 0.210 e. The molecule has 4 N–H and O–H groups in total. The number of benzene rings is 1. The highest BCUT2D eigenvalue weighted by atomic mass is 16.5. The van der Waals surface area contributed by atoms with Crippen LogP contribution in [0.5, 0.6) is 0 Å². The van der Waals surface area contributed by atoms with Crippen molar-refractivity contribution < 1.29 is 4.74 Å². The molecule has 104 valence electrons. The van der Waals surface area contributed by atoms with Crippen LogP contribution in [0.2, 0.25) is 0 Å². The number of rotatable bonds is 3. The van der Waals surface area contributed by atoms with Gasteiger partial charge in [-0.15, -0.1) is 0 Å². The van der Waals surface area contributed by atoms with Crippen LogP contribution in [0.4, 0.5) is 5.69 Å². The minimum absolute atomic E-state index is 0.228. The molecule has 5 heteroatoms. The third kappa shape index (κ3) is 4.22. The average Bonchev–Trinajstić information content (AvgIpc) is 2.48. The quantitative estimate of drug-likeness (QED) is 0.336. The fourth-order valence-electron chi connectivity index (χ4n) is 2.27. The van der Waals surface area contributed by atoms with E-state index in [4.69, 9.17) is 10.6 Å². The number of nitrogens with zero attached hydrogens (tertiary/aromatic N) is 1. The molecule has 1 saturated heterocycles. The van der Waals surface area contributed by atoms with E-state index < -0.39 is 0 Å². The fraction of sp³-hybridized carbons (Fsp3) is 0.500. The van der Waals surface area contributed by atoms with E-state index in [-0.39, 0.29) is 6.04 Å². The Morgan fingerprint density at radius 2 is 2.00 bits per heavy atom. The Kier molecular flexibility index (Phi) is 5.18. The van der Waals surface area contributed by atoms with E-state index in [2.05, 4.69) is 22.7 Å². The largest absolute Gasteiger partial charge is 0.381 e. The van der Waals surface area contributed by atoms with Crippen LogP contribution in [0.3, 0.4) is 0 Å². The Hall–Kier alpha value is -1.59. The highest BCUT2D eigenvalue weighted by Gasteiger charge is 2.20. The summed E-state index contributed by atoms with van der Waals surface area (Å²) >= 11 is 0. The minimum Gasteiger partial charge on any atom is -0.381 e. The molecule has 0 saturated carbocycles. The lowest BCUT2D eigenvalue weighted by atomic mass is 9.93. The van der Waals surface area contributed by atoms with E-state index in [1.54, 1.807) is 0 Å². The molecular formula is C14H22N4O.